The lowest BCUT2D eigenvalue weighted by molar-refractivity contribution is 0.306. The highest BCUT2D eigenvalue weighted by atomic mass is 16.5. The second-order valence-electron chi connectivity index (χ2n) is 2.91. The van der Waals surface area contributed by atoms with Crippen molar-refractivity contribution in [1.82, 2.24) is 9.97 Å². The highest BCUT2D eigenvalue weighted by Crippen LogP contribution is 2.14. The summed E-state index contributed by atoms with van der Waals surface area (Å²) in [6, 6.07) is 5.80. The van der Waals surface area contributed by atoms with E-state index in [9.17, 15) is 0 Å². The number of H-pyrrole nitrogens is 1. The highest BCUT2D eigenvalue weighted by molar-refractivity contribution is 5.75. The topological polar surface area (TPSA) is 37.9 Å². The first-order valence-corrected chi connectivity index (χ1v) is 4.47. The maximum Gasteiger partial charge on any atom is 0.213 e. The predicted molar refractivity (Wildman–Crippen MR) is 51.9 cm³/mol. The molecule has 0 fully saturated rings. The third-order valence-electron chi connectivity index (χ3n) is 1.83. The van der Waals surface area contributed by atoms with Crippen LogP contribution in [0.4, 0.5) is 0 Å². The van der Waals surface area contributed by atoms with Crippen LogP contribution in [0.25, 0.3) is 11.0 Å². The van der Waals surface area contributed by atoms with Gasteiger partial charge in [-0.3, -0.25) is 0 Å². The van der Waals surface area contributed by atoms with Crippen LogP contribution >= 0.6 is 0 Å². The molecular weight excluding hydrogens is 164 g/mol. The van der Waals surface area contributed by atoms with E-state index in [4.69, 9.17) is 4.74 Å². The van der Waals surface area contributed by atoms with E-state index in [0.29, 0.717) is 5.88 Å². The summed E-state index contributed by atoms with van der Waals surface area (Å²) < 4.78 is 5.41. The minimum atomic E-state index is 0.703. The van der Waals surface area contributed by atoms with Gasteiger partial charge in [0.1, 0.15) is 0 Å². The molecule has 0 aromatic carbocycles. The largest absolute Gasteiger partial charge is 0.478 e. The fraction of sp³-hybridized carbons (Fsp3) is 0.300. The number of nitrogens with zero attached hydrogens (tertiary/aromatic N) is 1. The first-order valence-electron chi connectivity index (χ1n) is 4.47. The lowest BCUT2D eigenvalue weighted by Crippen LogP contribution is -1.96. The van der Waals surface area contributed by atoms with Crippen molar-refractivity contribution < 1.29 is 4.74 Å². The summed E-state index contributed by atoms with van der Waals surface area (Å²) in [5.74, 6) is 0.703. The van der Waals surface area contributed by atoms with Crippen molar-refractivity contribution in [3.8, 4) is 5.88 Å². The second kappa shape index (κ2) is 3.47. The molecule has 3 heteroatoms. The van der Waals surface area contributed by atoms with Gasteiger partial charge >= 0.3 is 0 Å². The van der Waals surface area contributed by atoms with E-state index in [-0.39, 0.29) is 0 Å². The molecule has 0 saturated heterocycles. The van der Waals surface area contributed by atoms with Crippen LogP contribution in [0.3, 0.4) is 0 Å². The number of aromatic amines is 1. The molecular formula is C10H12N2O. The Labute approximate surface area is 76.8 Å². The molecule has 0 aliphatic heterocycles. The number of hydrogen-bond acceptors (Lipinski definition) is 2. The number of ether oxygens (including phenoxy) is 1. The molecule has 2 aromatic heterocycles. The predicted octanol–water partition coefficient (Wildman–Crippen LogP) is 2.35. The van der Waals surface area contributed by atoms with Gasteiger partial charge in [0.15, 0.2) is 0 Å². The molecule has 0 amide bonds. The van der Waals surface area contributed by atoms with E-state index >= 15 is 0 Å². The van der Waals surface area contributed by atoms with Crippen LogP contribution in [-0.2, 0) is 0 Å². The summed E-state index contributed by atoms with van der Waals surface area (Å²) in [5.41, 5.74) is 2.00. The monoisotopic (exact) mass is 176 g/mol. The Bertz CT molecular complexity index is 394. The van der Waals surface area contributed by atoms with Crippen LogP contribution in [0.1, 0.15) is 13.3 Å². The van der Waals surface area contributed by atoms with Crippen LogP contribution in [0.2, 0.25) is 0 Å². The molecule has 0 saturated carbocycles. The second-order valence-corrected chi connectivity index (χ2v) is 2.91. The Balaban J connectivity index is 2.26. The third kappa shape index (κ3) is 1.64. The zero-order valence-electron chi connectivity index (χ0n) is 7.58. The van der Waals surface area contributed by atoms with Gasteiger partial charge in [0.2, 0.25) is 5.88 Å². The number of rotatable bonds is 3. The molecule has 2 heterocycles. The Morgan fingerprint density at radius 1 is 1.38 bits per heavy atom. The molecule has 2 aromatic rings. The minimum absolute atomic E-state index is 0.703. The van der Waals surface area contributed by atoms with Crippen LogP contribution in [0.5, 0.6) is 5.88 Å². The van der Waals surface area contributed by atoms with Crippen LogP contribution in [-0.4, -0.2) is 16.6 Å². The maximum atomic E-state index is 5.41. The molecule has 13 heavy (non-hydrogen) atoms. The van der Waals surface area contributed by atoms with Crippen molar-refractivity contribution in [2.75, 3.05) is 6.61 Å². The van der Waals surface area contributed by atoms with Crippen LogP contribution in [0.15, 0.2) is 24.4 Å². The Morgan fingerprint density at radius 3 is 3.15 bits per heavy atom. The van der Waals surface area contributed by atoms with Gasteiger partial charge in [-0.25, -0.2) is 4.98 Å². The standard InChI is InChI=1S/C10H12N2O/c1-2-7-13-10-4-3-8-9(12-10)5-6-11-8/h3-6,11H,2,7H2,1H3. The fourth-order valence-electron chi connectivity index (χ4n) is 1.20. The molecule has 0 bridgehead atoms. The Kier molecular flexibility index (Phi) is 2.17. The lowest BCUT2D eigenvalue weighted by Gasteiger charge is -2.02. The molecule has 2 rings (SSSR count). The quantitative estimate of drug-likeness (QED) is 0.779. The van der Waals surface area contributed by atoms with E-state index in [1.54, 1.807) is 0 Å². The number of aromatic nitrogens is 2. The molecule has 0 aliphatic rings. The molecule has 0 atom stereocenters. The van der Waals surface area contributed by atoms with Crippen molar-refractivity contribution in [2.45, 2.75) is 13.3 Å². The first kappa shape index (κ1) is 8.10. The zero-order chi connectivity index (χ0) is 9.10. The summed E-state index contributed by atoms with van der Waals surface area (Å²) in [6.45, 7) is 2.80. The van der Waals surface area contributed by atoms with Gasteiger partial charge in [0, 0.05) is 12.3 Å². The lowest BCUT2D eigenvalue weighted by atomic mass is 10.4. The van der Waals surface area contributed by atoms with E-state index in [0.717, 1.165) is 24.1 Å². The first-order chi connectivity index (χ1) is 6.40. The van der Waals surface area contributed by atoms with Crippen molar-refractivity contribution in [2.24, 2.45) is 0 Å². The van der Waals surface area contributed by atoms with Gasteiger partial charge in [-0.15, -0.1) is 0 Å². The normalized spacial score (nSPS) is 10.5. The van der Waals surface area contributed by atoms with Gasteiger partial charge in [0.05, 0.1) is 17.6 Å². The summed E-state index contributed by atoms with van der Waals surface area (Å²) in [4.78, 5) is 7.40. The van der Waals surface area contributed by atoms with Crippen LogP contribution < -0.4 is 4.74 Å². The van der Waals surface area contributed by atoms with E-state index in [2.05, 4.69) is 16.9 Å². The third-order valence-corrected chi connectivity index (χ3v) is 1.83. The molecule has 0 spiro atoms. The van der Waals surface area contributed by atoms with E-state index < -0.39 is 0 Å². The van der Waals surface area contributed by atoms with E-state index in [1.807, 2.05) is 24.4 Å². The van der Waals surface area contributed by atoms with Gasteiger partial charge in [0.25, 0.3) is 0 Å². The number of hydrogen-bond donors (Lipinski definition) is 1. The SMILES string of the molecule is CCCOc1ccc2[nH]ccc2n1. The van der Waals surface area contributed by atoms with Crippen molar-refractivity contribution in [3.63, 3.8) is 0 Å². The zero-order valence-corrected chi connectivity index (χ0v) is 7.58. The minimum Gasteiger partial charge on any atom is -0.478 e. The number of nitrogens with one attached hydrogen (secondary N) is 1. The molecule has 68 valence electrons. The summed E-state index contributed by atoms with van der Waals surface area (Å²) in [5, 5.41) is 0. The average molecular weight is 176 g/mol. The van der Waals surface area contributed by atoms with Crippen molar-refractivity contribution in [1.29, 1.82) is 0 Å². The smallest absolute Gasteiger partial charge is 0.213 e. The van der Waals surface area contributed by atoms with E-state index in [1.165, 1.54) is 0 Å². The molecule has 0 unspecified atom stereocenters. The Hall–Kier alpha value is -1.51. The molecule has 3 nitrogen and oxygen atoms in total. The average Bonchev–Trinajstić information content (AvgIpc) is 2.61. The summed E-state index contributed by atoms with van der Waals surface area (Å²) >= 11 is 0. The fourth-order valence-corrected chi connectivity index (χ4v) is 1.20. The van der Waals surface area contributed by atoms with Crippen molar-refractivity contribution in [3.05, 3.63) is 24.4 Å². The Morgan fingerprint density at radius 2 is 2.31 bits per heavy atom. The van der Waals surface area contributed by atoms with Gasteiger partial charge in [-0.1, -0.05) is 6.92 Å². The number of fused-ring (bicyclic) bond motifs is 1. The van der Waals surface area contributed by atoms with Gasteiger partial charge < -0.3 is 9.72 Å². The maximum absolute atomic E-state index is 5.41. The molecule has 1 N–H and O–H groups in total. The summed E-state index contributed by atoms with van der Waals surface area (Å²) in [6.07, 6.45) is 2.88. The van der Waals surface area contributed by atoms with Gasteiger partial charge in [-0.05, 0) is 18.6 Å². The number of pyridine rings is 1. The summed E-state index contributed by atoms with van der Waals surface area (Å²) in [7, 11) is 0. The van der Waals surface area contributed by atoms with Crippen LogP contribution in [0, 0.1) is 0 Å². The highest BCUT2D eigenvalue weighted by Gasteiger charge is 1.98. The van der Waals surface area contributed by atoms with Gasteiger partial charge in [-0.2, -0.15) is 0 Å². The van der Waals surface area contributed by atoms with Crippen molar-refractivity contribution >= 4 is 11.0 Å². The molecule has 0 radical (unpaired) electrons. The molecule has 0 aliphatic carbocycles.